The summed E-state index contributed by atoms with van der Waals surface area (Å²) in [7, 11) is 1.97. The van der Waals surface area contributed by atoms with Gasteiger partial charge in [-0.05, 0) is 43.4 Å². The minimum atomic E-state index is 0.00995. The summed E-state index contributed by atoms with van der Waals surface area (Å²) in [4.78, 5) is 21.3. The molecule has 1 aromatic heterocycles. The van der Waals surface area contributed by atoms with Crippen LogP contribution in [0.5, 0.6) is 0 Å². The number of benzene rings is 2. The third-order valence-corrected chi connectivity index (χ3v) is 8.20. The standard InChI is InChI=1S/C28H35N5OS/c1-32-28(30-24-10-6-3-7-11-24)35-27(31-32)23-14-12-22(13-15-23)26(34)29-25-16-18-33(19-17-25)20-21-8-4-2-5-9-21/h2,4-5,8-9,12-15,24-25H,3,6-7,10-11,16-20H2,1H3,(H,29,34)/b30-28+. The highest BCUT2D eigenvalue weighted by atomic mass is 32.1. The van der Waals surface area contributed by atoms with Crippen molar-refractivity contribution >= 4 is 17.2 Å². The van der Waals surface area contributed by atoms with Gasteiger partial charge in [-0.25, -0.2) is 4.68 Å². The molecule has 3 aromatic rings. The fourth-order valence-corrected chi connectivity index (χ4v) is 6.02. The van der Waals surface area contributed by atoms with Gasteiger partial charge >= 0.3 is 0 Å². The molecule has 7 heteroatoms. The maximum absolute atomic E-state index is 12.9. The van der Waals surface area contributed by atoms with Crippen molar-refractivity contribution in [2.24, 2.45) is 12.0 Å². The van der Waals surface area contributed by atoms with Crippen LogP contribution in [0.15, 0.2) is 59.6 Å². The summed E-state index contributed by atoms with van der Waals surface area (Å²) >= 11 is 1.63. The minimum Gasteiger partial charge on any atom is -0.349 e. The van der Waals surface area contributed by atoms with E-state index in [4.69, 9.17) is 4.99 Å². The van der Waals surface area contributed by atoms with Crippen LogP contribution in [0.2, 0.25) is 0 Å². The fraction of sp³-hybridized carbons (Fsp3) is 0.464. The summed E-state index contributed by atoms with van der Waals surface area (Å²) in [5.41, 5.74) is 3.08. The Morgan fingerprint density at radius 3 is 2.43 bits per heavy atom. The minimum absolute atomic E-state index is 0.00995. The summed E-state index contributed by atoms with van der Waals surface area (Å²) in [6, 6.07) is 19.1. The number of amides is 1. The Kier molecular flexibility index (Phi) is 7.74. The number of hydrogen-bond acceptors (Lipinski definition) is 5. The molecule has 35 heavy (non-hydrogen) atoms. The van der Waals surface area contributed by atoms with Crippen molar-refractivity contribution in [3.8, 4) is 10.6 Å². The van der Waals surface area contributed by atoms with E-state index in [2.05, 4.69) is 45.6 Å². The van der Waals surface area contributed by atoms with Crippen LogP contribution in [0.3, 0.4) is 0 Å². The Labute approximate surface area is 211 Å². The third-order valence-electron chi connectivity index (χ3n) is 7.14. The molecule has 184 valence electrons. The quantitative estimate of drug-likeness (QED) is 0.542. The van der Waals surface area contributed by atoms with Gasteiger partial charge in [0, 0.05) is 43.9 Å². The average Bonchev–Trinajstić information content (AvgIpc) is 3.26. The molecule has 0 spiro atoms. The SMILES string of the molecule is Cn1nc(-c2ccc(C(=O)NC3CCN(Cc4ccccc4)CC3)cc2)s/c1=N/C1CCCCC1. The van der Waals surface area contributed by atoms with Crippen LogP contribution in [0, 0.1) is 0 Å². The van der Waals surface area contributed by atoms with E-state index >= 15 is 0 Å². The molecule has 2 aromatic carbocycles. The second-order valence-electron chi connectivity index (χ2n) is 9.82. The molecule has 1 aliphatic heterocycles. The summed E-state index contributed by atoms with van der Waals surface area (Å²) in [6.45, 7) is 3.00. The molecule has 2 aliphatic rings. The number of nitrogens with one attached hydrogen (secondary N) is 1. The van der Waals surface area contributed by atoms with Gasteiger partial charge in [-0.1, -0.05) is 73.1 Å². The van der Waals surface area contributed by atoms with E-state index < -0.39 is 0 Å². The summed E-state index contributed by atoms with van der Waals surface area (Å²) in [5.74, 6) is 0.00995. The van der Waals surface area contributed by atoms with Crippen molar-refractivity contribution in [1.29, 1.82) is 0 Å². The Balaban J connectivity index is 1.15. The van der Waals surface area contributed by atoms with Crippen LogP contribution in [0.4, 0.5) is 0 Å². The second kappa shape index (κ2) is 11.3. The van der Waals surface area contributed by atoms with Gasteiger partial charge in [0.1, 0.15) is 5.01 Å². The zero-order valence-corrected chi connectivity index (χ0v) is 21.3. The highest BCUT2D eigenvalue weighted by molar-refractivity contribution is 7.12. The molecule has 1 saturated heterocycles. The van der Waals surface area contributed by atoms with Crippen LogP contribution >= 0.6 is 11.3 Å². The highest BCUT2D eigenvalue weighted by Gasteiger charge is 2.21. The van der Waals surface area contributed by atoms with Crippen molar-refractivity contribution in [3.63, 3.8) is 0 Å². The maximum Gasteiger partial charge on any atom is 0.251 e. The van der Waals surface area contributed by atoms with Gasteiger partial charge in [0.25, 0.3) is 5.91 Å². The Morgan fingerprint density at radius 1 is 1.00 bits per heavy atom. The first-order valence-electron chi connectivity index (χ1n) is 12.9. The Morgan fingerprint density at radius 2 is 1.71 bits per heavy atom. The Bertz CT molecular complexity index is 1170. The summed E-state index contributed by atoms with van der Waals surface area (Å²) in [5, 5.41) is 8.87. The third kappa shape index (κ3) is 6.27. The molecule has 6 nitrogen and oxygen atoms in total. The second-order valence-corrected chi connectivity index (χ2v) is 10.8. The first kappa shape index (κ1) is 23.9. The zero-order chi connectivity index (χ0) is 24.0. The van der Waals surface area contributed by atoms with E-state index in [0.717, 1.165) is 47.8 Å². The number of aromatic nitrogens is 2. The van der Waals surface area contributed by atoms with E-state index in [9.17, 15) is 4.79 Å². The molecule has 0 radical (unpaired) electrons. The number of aryl methyl sites for hydroxylation is 1. The van der Waals surface area contributed by atoms with Crippen LogP contribution < -0.4 is 10.1 Å². The number of piperidine rings is 1. The number of nitrogens with zero attached hydrogens (tertiary/aromatic N) is 4. The van der Waals surface area contributed by atoms with E-state index in [1.807, 2.05) is 36.0 Å². The number of carbonyl (C=O) groups excluding carboxylic acids is 1. The molecule has 1 amide bonds. The number of rotatable bonds is 6. The van der Waals surface area contributed by atoms with Crippen molar-refractivity contribution in [2.75, 3.05) is 13.1 Å². The lowest BCUT2D eigenvalue weighted by Gasteiger charge is -2.32. The van der Waals surface area contributed by atoms with Crippen LogP contribution in [0.25, 0.3) is 10.6 Å². The zero-order valence-electron chi connectivity index (χ0n) is 20.5. The molecule has 0 bridgehead atoms. The highest BCUT2D eigenvalue weighted by Crippen LogP contribution is 2.22. The molecular formula is C28H35N5OS. The van der Waals surface area contributed by atoms with Crippen LogP contribution in [-0.2, 0) is 13.6 Å². The van der Waals surface area contributed by atoms with Crippen molar-refractivity contribution in [1.82, 2.24) is 20.0 Å². The summed E-state index contributed by atoms with van der Waals surface area (Å²) < 4.78 is 1.89. The Hall–Kier alpha value is -2.77. The predicted molar refractivity (Wildman–Crippen MR) is 141 cm³/mol. The van der Waals surface area contributed by atoms with Gasteiger partial charge in [0.05, 0.1) is 6.04 Å². The van der Waals surface area contributed by atoms with Gasteiger partial charge < -0.3 is 5.32 Å². The molecular weight excluding hydrogens is 454 g/mol. The largest absolute Gasteiger partial charge is 0.349 e. The normalized spacial score (nSPS) is 18.6. The van der Waals surface area contributed by atoms with Gasteiger partial charge in [0.2, 0.25) is 4.80 Å². The number of carbonyl (C=O) groups is 1. The van der Waals surface area contributed by atoms with Crippen molar-refractivity contribution in [3.05, 3.63) is 70.5 Å². The van der Waals surface area contributed by atoms with Gasteiger partial charge in [0.15, 0.2) is 0 Å². The summed E-state index contributed by atoms with van der Waals surface area (Å²) in [6.07, 6.45) is 8.23. The smallest absolute Gasteiger partial charge is 0.251 e. The van der Waals surface area contributed by atoms with Crippen LogP contribution in [0.1, 0.15) is 60.9 Å². The molecule has 2 heterocycles. The first-order chi connectivity index (χ1) is 17.1. The first-order valence-corrected chi connectivity index (χ1v) is 13.7. The topological polar surface area (TPSA) is 62.5 Å². The predicted octanol–water partition coefficient (Wildman–Crippen LogP) is 4.78. The monoisotopic (exact) mass is 489 g/mol. The molecule has 0 unspecified atom stereocenters. The molecule has 1 N–H and O–H groups in total. The van der Waals surface area contributed by atoms with Crippen LogP contribution in [-0.4, -0.2) is 45.8 Å². The lowest BCUT2D eigenvalue weighted by Crippen LogP contribution is -2.44. The fourth-order valence-electron chi connectivity index (χ4n) is 5.05. The van der Waals surface area contributed by atoms with Crippen molar-refractivity contribution < 1.29 is 4.79 Å². The molecule has 0 atom stereocenters. The molecule has 2 fully saturated rings. The lowest BCUT2D eigenvalue weighted by atomic mass is 9.96. The van der Waals surface area contributed by atoms with E-state index in [-0.39, 0.29) is 11.9 Å². The molecule has 1 saturated carbocycles. The molecule has 1 aliphatic carbocycles. The van der Waals surface area contributed by atoms with E-state index in [0.29, 0.717) is 11.6 Å². The van der Waals surface area contributed by atoms with Gasteiger partial charge in [-0.3, -0.25) is 14.7 Å². The number of likely N-dealkylation sites (tertiary alicyclic amines) is 1. The average molecular weight is 490 g/mol. The number of hydrogen-bond donors (Lipinski definition) is 1. The van der Waals surface area contributed by atoms with E-state index in [1.54, 1.807) is 11.3 Å². The molecule has 5 rings (SSSR count). The van der Waals surface area contributed by atoms with Gasteiger partial charge in [-0.2, -0.15) is 5.10 Å². The maximum atomic E-state index is 12.9. The lowest BCUT2D eigenvalue weighted by molar-refractivity contribution is 0.0909. The van der Waals surface area contributed by atoms with E-state index in [1.165, 1.54) is 37.7 Å². The van der Waals surface area contributed by atoms with Gasteiger partial charge in [-0.15, -0.1) is 0 Å². The van der Waals surface area contributed by atoms with Crippen molar-refractivity contribution in [2.45, 2.75) is 63.6 Å².